The van der Waals surface area contributed by atoms with Crippen molar-refractivity contribution in [2.75, 3.05) is 24.4 Å². The fourth-order valence-electron chi connectivity index (χ4n) is 4.77. The molecule has 3 amide bonds. The first-order chi connectivity index (χ1) is 18.7. The third-order valence-corrected chi connectivity index (χ3v) is 6.88. The molecule has 4 rings (SSSR count). The third kappa shape index (κ3) is 6.87. The molecule has 204 valence electrons. The number of hydrogen-bond donors (Lipinski definition) is 3. The van der Waals surface area contributed by atoms with E-state index in [2.05, 4.69) is 10.6 Å². The number of carboxylic acid groups (broad SMARTS) is 1. The van der Waals surface area contributed by atoms with Crippen LogP contribution in [0.4, 0.5) is 16.2 Å². The molecule has 1 saturated heterocycles. The number of methoxy groups -OCH3 is 1. The molecule has 1 fully saturated rings. The summed E-state index contributed by atoms with van der Waals surface area (Å²) in [5.41, 5.74) is 3.12. The van der Waals surface area contributed by atoms with Gasteiger partial charge in [0.2, 0.25) is 5.91 Å². The van der Waals surface area contributed by atoms with Gasteiger partial charge in [-0.05, 0) is 80.3 Å². The fraction of sp³-hybridized carbons (Fsp3) is 0.300. The van der Waals surface area contributed by atoms with Crippen molar-refractivity contribution in [3.63, 3.8) is 0 Å². The van der Waals surface area contributed by atoms with Crippen molar-refractivity contribution in [2.45, 2.75) is 45.2 Å². The van der Waals surface area contributed by atoms with Gasteiger partial charge < -0.3 is 30.1 Å². The Morgan fingerprint density at radius 1 is 0.974 bits per heavy atom. The second-order valence-electron chi connectivity index (χ2n) is 9.63. The van der Waals surface area contributed by atoms with Crippen molar-refractivity contribution in [2.24, 2.45) is 0 Å². The van der Waals surface area contributed by atoms with Crippen LogP contribution >= 0.6 is 0 Å². The monoisotopic (exact) mass is 531 g/mol. The molecule has 39 heavy (non-hydrogen) atoms. The number of carbonyl (C=O) groups is 3. The van der Waals surface area contributed by atoms with Crippen molar-refractivity contribution in [3.8, 4) is 11.5 Å². The Labute approximate surface area is 227 Å². The number of hydrogen-bond acceptors (Lipinski definition) is 5. The summed E-state index contributed by atoms with van der Waals surface area (Å²) in [5.74, 6) is 0.00874. The number of benzene rings is 3. The van der Waals surface area contributed by atoms with Gasteiger partial charge in [-0.1, -0.05) is 24.3 Å². The van der Waals surface area contributed by atoms with Gasteiger partial charge in [0.1, 0.15) is 18.1 Å². The van der Waals surface area contributed by atoms with E-state index >= 15 is 0 Å². The number of aryl methyl sites for hydroxylation is 1. The van der Waals surface area contributed by atoms with Gasteiger partial charge in [-0.15, -0.1) is 0 Å². The van der Waals surface area contributed by atoms with E-state index in [4.69, 9.17) is 14.6 Å². The number of likely N-dealkylation sites (tertiary alicyclic amines) is 1. The van der Waals surface area contributed by atoms with E-state index in [9.17, 15) is 14.4 Å². The number of rotatable bonds is 9. The molecule has 0 aromatic heterocycles. The van der Waals surface area contributed by atoms with Crippen LogP contribution in [0.15, 0.2) is 66.7 Å². The second kappa shape index (κ2) is 12.3. The molecule has 3 aromatic carbocycles. The number of amides is 3. The van der Waals surface area contributed by atoms with Gasteiger partial charge in [-0.2, -0.15) is 0 Å². The number of nitrogens with one attached hydrogen (secondary N) is 2. The van der Waals surface area contributed by atoms with Crippen molar-refractivity contribution in [3.05, 3.63) is 83.4 Å². The topological polar surface area (TPSA) is 117 Å². The van der Waals surface area contributed by atoms with E-state index in [1.807, 2.05) is 43.0 Å². The highest BCUT2D eigenvalue weighted by molar-refractivity contribution is 6.01. The molecular weight excluding hydrogens is 498 g/mol. The van der Waals surface area contributed by atoms with Crippen LogP contribution in [0.5, 0.6) is 11.5 Å². The number of aromatic carboxylic acids is 1. The minimum Gasteiger partial charge on any atom is -0.495 e. The molecule has 0 radical (unpaired) electrons. The quantitative estimate of drug-likeness (QED) is 0.343. The average molecular weight is 532 g/mol. The molecule has 0 aliphatic carbocycles. The average Bonchev–Trinajstić information content (AvgIpc) is 3.30. The highest BCUT2D eigenvalue weighted by Crippen LogP contribution is 2.29. The van der Waals surface area contributed by atoms with E-state index in [0.717, 1.165) is 24.0 Å². The molecule has 1 aliphatic heterocycles. The number of carbonyl (C=O) groups excluding carboxylic acids is 2. The standard InChI is InChI=1S/C30H33N3O6/c1-19-6-4-5-7-25(19)31-30(37)32-26-15-9-21(16-27(26)38-3)17-28(34)33-20(2)8-12-23(33)18-39-24-13-10-22(11-14-24)29(35)36/h4-7,9-11,13-16,20,23H,8,12,17-18H2,1-3H3,(H,35,36)(H2,31,32,37). The molecule has 1 aliphatic rings. The maximum absolute atomic E-state index is 13.3. The Hall–Kier alpha value is -4.53. The largest absolute Gasteiger partial charge is 0.495 e. The Morgan fingerprint density at radius 3 is 2.38 bits per heavy atom. The summed E-state index contributed by atoms with van der Waals surface area (Å²) in [4.78, 5) is 38.8. The van der Waals surface area contributed by atoms with Gasteiger partial charge in [0.15, 0.2) is 0 Å². The summed E-state index contributed by atoms with van der Waals surface area (Å²) in [6.45, 7) is 4.27. The Balaban J connectivity index is 1.37. The number of anilines is 2. The summed E-state index contributed by atoms with van der Waals surface area (Å²) in [6, 6.07) is 18.6. The van der Waals surface area contributed by atoms with Gasteiger partial charge in [0.25, 0.3) is 0 Å². The van der Waals surface area contributed by atoms with E-state index in [1.54, 1.807) is 30.3 Å². The van der Waals surface area contributed by atoms with Crippen LogP contribution in [0.3, 0.4) is 0 Å². The molecule has 0 spiro atoms. The minimum absolute atomic E-state index is 0.0186. The fourth-order valence-corrected chi connectivity index (χ4v) is 4.77. The summed E-state index contributed by atoms with van der Waals surface area (Å²) >= 11 is 0. The van der Waals surface area contributed by atoms with Gasteiger partial charge in [-0.3, -0.25) is 4.79 Å². The van der Waals surface area contributed by atoms with E-state index in [0.29, 0.717) is 29.5 Å². The first-order valence-electron chi connectivity index (χ1n) is 12.8. The number of urea groups is 1. The maximum atomic E-state index is 13.3. The number of nitrogens with zero attached hydrogens (tertiary/aromatic N) is 1. The zero-order valence-corrected chi connectivity index (χ0v) is 22.3. The first kappa shape index (κ1) is 27.5. The number of para-hydroxylation sites is 1. The zero-order chi connectivity index (χ0) is 27.9. The van der Waals surface area contributed by atoms with Crippen LogP contribution in [0.2, 0.25) is 0 Å². The Morgan fingerprint density at radius 2 is 1.69 bits per heavy atom. The zero-order valence-electron chi connectivity index (χ0n) is 22.3. The normalized spacial score (nSPS) is 16.4. The van der Waals surface area contributed by atoms with Crippen LogP contribution in [0.1, 0.15) is 41.3 Å². The molecule has 9 heteroatoms. The minimum atomic E-state index is -0.992. The Kier molecular flexibility index (Phi) is 8.70. The van der Waals surface area contributed by atoms with Crippen molar-refractivity contribution >= 4 is 29.3 Å². The second-order valence-corrected chi connectivity index (χ2v) is 9.63. The van der Waals surface area contributed by atoms with Crippen LogP contribution in [-0.2, 0) is 11.2 Å². The molecule has 3 N–H and O–H groups in total. The SMILES string of the molecule is COc1cc(CC(=O)N2C(C)CCC2COc2ccc(C(=O)O)cc2)ccc1NC(=O)Nc1ccccc1C. The first-order valence-corrected chi connectivity index (χ1v) is 12.8. The van der Waals surface area contributed by atoms with E-state index in [-0.39, 0.29) is 30.0 Å². The number of ether oxygens (including phenoxy) is 2. The van der Waals surface area contributed by atoms with E-state index in [1.165, 1.54) is 19.2 Å². The van der Waals surface area contributed by atoms with Gasteiger partial charge in [-0.25, -0.2) is 9.59 Å². The molecule has 0 bridgehead atoms. The van der Waals surface area contributed by atoms with Gasteiger partial charge >= 0.3 is 12.0 Å². The Bertz CT molecular complexity index is 1340. The molecular formula is C30H33N3O6. The van der Waals surface area contributed by atoms with E-state index < -0.39 is 12.0 Å². The summed E-state index contributed by atoms with van der Waals surface area (Å²) in [6.07, 6.45) is 1.88. The highest BCUT2D eigenvalue weighted by atomic mass is 16.5. The molecule has 3 aromatic rings. The number of carboxylic acids is 1. The molecule has 9 nitrogen and oxygen atoms in total. The van der Waals surface area contributed by atoms with Crippen LogP contribution in [0.25, 0.3) is 0 Å². The van der Waals surface area contributed by atoms with Gasteiger partial charge in [0, 0.05) is 11.7 Å². The molecule has 2 unspecified atom stereocenters. The predicted molar refractivity (Wildman–Crippen MR) is 149 cm³/mol. The smallest absolute Gasteiger partial charge is 0.335 e. The maximum Gasteiger partial charge on any atom is 0.335 e. The summed E-state index contributed by atoms with van der Waals surface area (Å²) in [5, 5.41) is 14.7. The highest BCUT2D eigenvalue weighted by Gasteiger charge is 2.34. The van der Waals surface area contributed by atoms with Crippen LogP contribution in [-0.4, -0.2) is 53.7 Å². The molecule has 0 saturated carbocycles. The summed E-state index contributed by atoms with van der Waals surface area (Å²) < 4.78 is 11.4. The molecule has 1 heterocycles. The molecule has 2 atom stereocenters. The van der Waals surface area contributed by atoms with Crippen LogP contribution < -0.4 is 20.1 Å². The lowest BCUT2D eigenvalue weighted by Crippen LogP contribution is -2.43. The van der Waals surface area contributed by atoms with Crippen LogP contribution in [0, 0.1) is 6.92 Å². The van der Waals surface area contributed by atoms with Crippen molar-refractivity contribution < 1.29 is 29.0 Å². The summed E-state index contributed by atoms with van der Waals surface area (Å²) in [7, 11) is 1.52. The van der Waals surface area contributed by atoms with Crippen molar-refractivity contribution in [1.82, 2.24) is 4.90 Å². The van der Waals surface area contributed by atoms with Crippen molar-refractivity contribution in [1.29, 1.82) is 0 Å². The lowest BCUT2D eigenvalue weighted by atomic mass is 10.1. The third-order valence-electron chi connectivity index (χ3n) is 6.88. The predicted octanol–water partition coefficient (Wildman–Crippen LogP) is 5.35. The van der Waals surface area contributed by atoms with Gasteiger partial charge in [0.05, 0.1) is 30.8 Å². The lowest BCUT2D eigenvalue weighted by molar-refractivity contribution is -0.133. The lowest BCUT2D eigenvalue weighted by Gasteiger charge is -2.29.